The van der Waals surface area contributed by atoms with Gasteiger partial charge in [-0.1, -0.05) is 18.2 Å². The van der Waals surface area contributed by atoms with Crippen molar-refractivity contribution in [3.63, 3.8) is 0 Å². The van der Waals surface area contributed by atoms with E-state index in [1.54, 1.807) is 30.3 Å². The summed E-state index contributed by atoms with van der Waals surface area (Å²) in [5, 5.41) is 2.39. The van der Waals surface area contributed by atoms with Crippen LogP contribution in [0.25, 0.3) is 0 Å². The molecule has 26 heavy (non-hydrogen) atoms. The molecule has 0 atom stereocenters. The summed E-state index contributed by atoms with van der Waals surface area (Å²) in [4.78, 5) is 12.0. The molecule has 0 aliphatic rings. The summed E-state index contributed by atoms with van der Waals surface area (Å²) in [7, 11) is 1.47. The van der Waals surface area contributed by atoms with Gasteiger partial charge in [0, 0.05) is 7.11 Å². The smallest absolute Gasteiger partial charge is 0.416 e. The zero-order chi connectivity index (χ0) is 19.0. The molecule has 0 aliphatic carbocycles. The Bertz CT molecular complexity index is 720. The number of benzene rings is 2. The number of halogens is 3. The van der Waals surface area contributed by atoms with Gasteiger partial charge in [0.1, 0.15) is 18.1 Å². The molecule has 1 N–H and O–H groups in total. The van der Waals surface area contributed by atoms with Crippen molar-refractivity contribution in [2.75, 3.05) is 32.2 Å². The third-order valence-corrected chi connectivity index (χ3v) is 3.24. The number of rotatable bonds is 8. The molecule has 2 rings (SSSR count). The second-order valence-electron chi connectivity index (χ2n) is 5.20. The van der Waals surface area contributed by atoms with Gasteiger partial charge in [-0.25, -0.2) is 0 Å². The molecule has 0 saturated heterocycles. The van der Waals surface area contributed by atoms with Crippen LogP contribution >= 0.6 is 0 Å². The van der Waals surface area contributed by atoms with Crippen LogP contribution in [0.1, 0.15) is 5.56 Å². The molecular weight excluding hydrogens is 351 g/mol. The maximum atomic E-state index is 12.9. The molecule has 140 valence electrons. The Morgan fingerprint density at radius 1 is 1.04 bits per heavy atom. The standard InChI is InChI=1S/C18H18F3NO4/c1-24-9-10-25-16-8-7-13(18(19,20)21)11-15(16)22-17(23)12-26-14-5-3-2-4-6-14/h2-8,11H,9-10,12H2,1H3,(H,22,23). The van der Waals surface area contributed by atoms with Gasteiger partial charge in [-0.3, -0.25) is 4.79 Å². The molecule has 0 fully saturated rings. The minimum Gasteiger partial charge on any atom is -0.489 e. The molecule has 0 aromatic heterocycles. The Labute approximate surface area is 148 Å². The summed E-state index contributed by atoms with van der Waals surface area (Å²) in [6, 6.07) is 11.5. The summed E-state index contributed by atoms with van der Waals surface area (Å²) in [5.74, 6) is -0.0175. The Morgan fingerprint density at radius 2 is 1.77 bits per heavy atom. The lowest BCUT2D eigenvalue weighted by molar-refractivity contribution is -0.137. The summed E-state index contributed by atoms with van der Waals surface area (Å²) in [5.41, 5.74) is -0.978. The van der Waals surface area contributed by atoms with Gasteiger partial charge in [0.05, 0.1) is 17.9 Å². The number of amides is 1. The fourth-order valence-electron chi connectivity index (χ4n) is 2.02. The van der Waals surface area contributed by atoms with Gasteiger partial charge in [0.2, 0.25) is 0 Å². The highest BCUT2D eigenvalue weighted by Gasteiger charge is 2.31. The lowest BCUT2D eigenvalue weighted by atomic mass is 10.1. The van der Waals surface area contributed by atoms with E-state index in [9.17, 15) is 18.0 Å². The van der Waals surface area contributed by atoms with E-state index in [0.29, 0.717) is 5.75 Å². The minimum atomic E-state index is -4.54. The molecule has 0 radical (unpaired) electrons. The largest absolute Gasteiger partial charge is 0.489 e. The Balaban J connectivity index is 2.09. The summed E-state index contributed by atoms with van der Waals surface area (Å²) < 4.78 is 54.2. The van der Waals surface area contributed by atoms with Gasteiger partial charge in [-0.2, -0.15) is 13.2 Å². The van der Waals surface area contributed by atoms with Crippen LogP contribution in [0.4, 0.5) is 18.9 Å². The first-order chi connectivity index (χ1) is 12.4. The van der Waals surface area contributed by atoms with Crippen molar-refractivity contribution in [1.82, 2.24) is 0 Å². The Kier molecular flexibility index (Phi) is 6.85. The summed E-state index contributed by atoms with van der Waals surface area (Å²) in [6.45, 7) is 0.0363. The van der Waals surface area contributed by atoms with Crippen LogP contribution in [0, 0.1) is 0 Å². The third-order valence-electron chi connectivity index (χ3n) is 3.24. The molecule has 0 aliphatic heterocycles. The molecule has 0 saturated carbocycles. The number of nitrogens with one attached hydrogen (secondary N) is 1. The van der Waals surface area contributed by atoms with Crippen molar-refractivity contribution in [1.29, 1.82) is 0 Å². The van der Waals surface area contributed by atoms with Crippen LogP contribution in [0.5, 0.6) is 11.5 Å². The van der Waals surface area contributed by atoms with Gasteiger partial charge in [-0.05, 0) is 30.3 Å². The molecular formula is C18H18F3NO4. The van der Waals surface area contributed by atoms with Crippen molar-refractivity contribution in [2.45, 2.75) is 6.18 Å². The maximum absolute atomic E-state index is 12.9. The van der Waals surface area contributed by atoms with Crippen molar-refractivity contribution in [3.8, 4) is 11.5 Å². The highest BCUT2D eigenvalue weighted by molar-refractivity contribution is 5.93. The van der Waals surface area contributed by atoms with Gasteiger partial charge >= 0.3 is 6.18 Å². The van der Waals surface area contributed by atoms with E-state index in [2.05, 4.69) is 5.32 Å². The predicted octanol–water partition coefficient (Wildman–Crippen LogP) is 3.75. The van der Waals surface area contributed by atoms with Gasteiger partial charge in [0.15, 0.2) is 6.61 Å². The normalized spacial score (nSPS) is 11.1. The van der Waals surface area contributed by atoms with E-state index in [1.807, 2.05) is 0 Å². The topological polar surface area (TPSA) is 56.8 Å². The van der Waals surface area contributed by atoms with Gasteiger partial charge < -0.3 is 19.5 Å². The predicted molar refractivity (Wildman–Crippen MR) is 89.4 cm³/mol. The first kappa shape index (κ1) is 19.6. The average Bonchev–Trinajstić information content (AvgIpc) is 2.61. The molecule has 5 nitrogen and oxygen atoms in total. The number of carbonyl (C=O) groups is 1. The Morgan fingerprint density at radius 3 is 2.42 bits per heavy atom. The van der Waals surface area contributed by atoms with E-state index < -0.39 is 17.6 Å². The Hall–Kier alpha value is -2.74. The number of methoxy groups -OCH3 is 1. The second-order valence-corrected chi connectivity index (χ2v) is 5.20. The van der Waals surface area contributed by atoms with E-state index >= 15 is 0 Å². The zero-order valence-corrected chi connectivity index (χ0v) is 14.0. The number of hydrogen-bond acceptors (Lipinski definition) is 4. The lowest BCUT2D eigenvalue weighted by Crippen LogP contribution is -2.21. The number of para-hydroxylation sites is 1. The highest BCUT2D eigenvalue weighted by atomic mass is 19.4. The van der Waals surface area contributed by atoms with Crippen LogP contribution in [0.2, 0.25) is 0 Å². The van der Waals surface area contributed by atoms with Crippen molar-refractivity contribution in [3.05, 3.63) is 54.1 Å². The van der Waals surface area contributed by atoms with Crippen LogP contribution < -0.4 is 14.8 Å². The third kappa shape index (κ3) is 5.96. The monoisotopic (exact) mass is 369 g/mol. The zero-order valence-electron chi connectivity index (χ0n) is 14.0. The number of alkyl halides is 3. The number of anilines is 1. The van der Waals surface area contributed by atoms with Crippen LogP contribution in [0.15, 0.2) is 48.5 Å². The summed E-state index contributed by atoms with van der Waals surface area (Å²) in [6.07, 6.45) is -4.54. The molecule has 0 heterocycles. The van der Waals surface area contributed by atoms with E-state index in [4.69, 9.17) is 14.2 Å². The van der Waals surface area contributed by atoms with Gasteiger partial charge in [-0.15, -0.1) is 0 Å². The number of hydrogen-bond donors (Lipinski definition) is 1. The maximum Gasteiger partial charge on any atom is 0.416 e. The first-order valence-corrected chi connectivity index (χ1v) is 7.71. The highest BCUT2D eigenvalue weighted by Crippen LogP contribution is 2.35. The quantitative estimate of drug-likeness (QED) is 0.720. The molecule has 0 unspecified atom stereocenters. The minimum absolute atomic E-state index is 0.0856. The second kappa shape index (κ2) is 9.10. The van der Waals surface area contributed by atoms with Crippen LogP contribution in [-0.4, -0.2) is 32.8 Å². The summed E-state index contributed by atoms with van der Waals surface area (Å²) >= 11 is 0. The number of ether oxygens (including phenoxy) is 3. The fourth-order valence-corrected chi connectivity index (χ4v) is 2.02. The first-order valence-electron chi connectivity index (χ1n) is 7.71. The molecule has 2 aromatic carbocycles. The van der Waals surface area contributed by atoms with Crippen molar-refractivity contribution >= 4 is 11.6 Å². The lowest BCUT2D eigenvalue weighted by Gasteiger charge is -2.15. The van der Waals surface area contributed by atoms with Crippen LogP contribution in [0.3, 0.4) is 0 Å². The average molecular weight is 369 g/mol. The molecule has 0 spiro atoms. The SMILES string of the molecule is COCCOc1ccc(C(F)(F)F)cc1NC(=O)COc1ccccc1. The van der Waals surface area contributed by atoms with E-state index in [-0.39, 0.29) is 31.3 Å². The molecule has 0 bridgehead atoms. The van der Waals surface area contributed by atoms with Gasteiger partial charge in [0.25, 0.3) is 5.91 Å². The van der Waals surface area contributed by atoms with E-state index in [1.165, 1.54) is 7.11 Å². The van der Waals surface area contributed by atoms with E-state index in [0.717, 1.165) is 18.2 Å². The van der Waals surface area contributed by atoms with Crippen LogP contribution in [-0.2, 0) is 15.7 Å². The fraction of sp³-hybridized carbons (Fsp3) is 0.278. The van der Waals surface area contributed by atoms with Crippen molar-refractivity contribution < 1.29 is 32.2 Å². The molecule has 8 heteroatoms. The number of carbonyl (C=O) groups excluding carboxylic acids is 1. The molecule has 1 amide bonds. The molecule has 2 aromatic rings. The van der Waals surface area contributed by atoms with Crippen molar-refractivity contribution in [2.24, 2.45) is 0 Å².